The number of nitriles is 2. The third-order valence-electron chi connectivity index (χ3n) is 14.9. The van der Waals surface area contributed by atoms with Gasteiger partial charge in [-0.05, 0) is 100 Å². The highest BCUT2D eigenvalue weighted by Crippen LogP contribution is 2.55. The molecular formula is C60H40N8O2. The van der Waals surface area contributed by atoms with Gasteiger partial charge in [-0.1, -0.05) is 72.8 Å². The van der Waals surface area contributed by atoms with Crippen molar-refractivity contribution in [2.45, 2.75) is 38.9 Å². The highest BCUT2D eigenvalue weighted by molar-refractivity contribution is 6.21. The molecule has 1 aliphatic heterocycles. The molecule has 1 aliphatic rings. The summed E-state index contributed by atoms with van der Waals surface area (Å²) in [6.45, 7) is 8.01. The molecule has 70 heavy (non-hydrogen) atoms. The molecule has 10 nitrogen and oxygen atoms in total. The van der Waals surface area contributed by atoms with Crippen molar-refractivity contribution in [2.75, 3.05) is 0 Å². The molecule has 0 radical (unpaired) electrons. The number of aromatic nitrogens is 6. The Balaban J connectivity index is 1.15. The molecule has 6 aromatic heterocycles. The Morgan fingerprint density at radius 2 is 0.743 bits per heavy atom. The summed E-state index contributed by atoms with van der Waals surface area (Å²) < 4.78 is 23.4. The monoisotopic (exact) mass is 904 g/mol. The molecule has 0 aliphatic carbocycles. The Hall–Kier alpha value is -9.38. The molecule has 14 rings (SSSR count). The molecule has 0 bridgehead atoms. The lowest BCUT2D eigenvalue weighted by Gasteiger charge is -2.47. The SMILES string of the molecule is CC1(C)Oc2c(c(-n3c4cnccc4c4cc5c6ccccc6n(-c6ccccc6)c5cc43)c(C#N)c(C#N)c2-n2c3cnccc3c3cc4c5ccccc5n(-c5ccccc5)c4cc32)OC1(C)C. The molecule has 7 aromatic carbocycles. The summed E-state index contributed by atoms with van der Waals surface area (Å²) in [5.41, 5.74) is 8.54. The summed E-state index contributed by atoms with van der Waals surface area (Å²) in [5.74, 6) is 0.694. The van der Waals surface area contributed by atoms with E-state index in [-0.39, 0.29) is 11.1 Å². The van der Waals surface area contributed by atoms with Gasteiger partial charge in [0.1, 0.15) is 45.8 Å². The molecule has 332 valence electrons. The van der Waals surface area contributed by atoms with Crippen LogP contribution in [0.3, 0.4) is 0 Å². The van der Waals surface area contributed by atoms with E-state index in [1.807, 2.05) is 88.6 Å². The van der Waals surface area contributed by atoms with Gasteiger partial charge in [-0.3, -0.25) is 9.97 Å². The molecule has 0 amide bonds. The zero-order chi connectivity index (χ0) is 47.2. The Morgan fingerprint density at radius 3 is 1.14 bits per heavy atom. The van der Waals surface area contributed by atoms with E-state index in [4.69, 9.17) is 9.47 Å². The van der Waals surface area contributed by atoms with Gasteiger partial charge in [-0.2, -0.15) is 10.5 Å². The van der Waals surface area contributed by atoms with Crippen LogP contribution in [-0.2, 0) is 0 Å². The topological polar surface area (TPSA) is 112 Å². The average molecular weight is 905 g/mol. The number of pyridine rings is 2. The van der Waals surface area contributed by atoms with E-state index < -0.39 is 11.2 Å². The predicted molar refractivity (Wildman–Crippen MR) is 278 cm³/mol. The van der Waals surface area contributed by atoms with Crippen LogP contribution < -0.4 is 9.47 Å². The molecular weight excluding hydrogens is 865 g/mol. The number of benzene rings is 7. The van der Waals surface area contributed by atoms with Gasteiger partial charge in [0.2, 0.25) is 0 Å². The first-order valence-electron chi connectivity index (χ1n) is 23.3. The fraction of sp³-hybridized carbons (Fsp3) is 0.100. The minimum atomic E-state index is -0.915. The van der Waals surface area contributed by atoms with Gasteiger partial charge in [-0.25, -0.2) is 0 Å². The lowest BCUT2D eigenvalue weighted by molar-refractivity contribution is -0.0989. The Bertz CT molecular complexity index is 4210. The predicted octanol–water partition coefficient (Wildman–Crippen LogP) is 13.9. The van der Waals surface area contributed by atoms with Crippen LogP contribution in [-0.4, -0.2) is 39.4 Å². The molecule has 13 aromatic rings. The van der Waals surface area contributed by atoms with Gasteiger partial charge in [0.05, 0.1) is 56.5 Å². The van der Waals surface area contributed by atoms with Crippen molar-refractivity contribution in [1.29, 1.82) is 10.5 Å². The van der Waals surface area contributed by atoms with Gasteiger partial charge in [0.15, 0.2) is 11.5 Å². The Kier molecular flexibility index (Phi) is 8.00. The molecule has 0 N–H and O–H groups in total. The van der Waals surface area contributed by atoms with Crippen LogP contribution in [0.25, 0.3) is 110 Å². The minimum absolute atomic E-state index is 0.139. The second-order valence-electron chi connectivity index (χ2n) is 19.2. The van der Waals surface area contributed by atoms with Crippen LogP contribution in [0.4, 0.5) is 0 Å². The van der Waals surface area contributed by atoms with Crippen molar-refractivity contribution in [1.82, 2.24) is 28.2 Å². The maximum atomic E-state index is 11.7. The van der Waals surface area contributed by atoms with Gasteiger partial charge in [0.25, 0.3) is 0 Å². The zero-order valence-corrected chi connectivity index (χ0v) is 38.6. The Labute approximate surface area is 400 Å². The van der Waals surface area contributed by atoms with Gasteiger partial charge in [0, 0.05) is 66.9 Å². The van der Waals surface area contributed by atoms with Crippen molar-refractivity contribution >= 4 is 87.2 Å². The maximum absolute atomic E-state index is 11.7. The van der Waals surface area contributed by atoms with Crippen molar-refractivity contribution < 1.29 is 9.47 Å². The summed E-state index contributed by atoms with van der Waals surface area (Å²) >= 11 is 0. The van der Waals surface area contributed by atoms with Gasteiger partial charge in [-0.15, -0.1) is 0 Å². The molecule has 0 atom stereocenters. The van der Waals surface area contributed by atoms with Crippen LogP contribution in [0.5, 0.6) is 11.5 Å². The van der Waals surface area contributed by atoms with Crippen molar-refractivity contribution in [3.05, 3.63) is 182 Å². The number of hydrogen-bond acceptors (Lipinski definition) is 6. The van der Waals surface area contributed by atoms with Crippen LogP contribution in [0.15, 0.2) is 170 Å². The summed E-state index contributed by atoms with van der Waals surface area (Å²) in [6, 6.07) is 55.6. The molecule has 0 saturated carbocycles. The number of nitrogens with zero attached hydrogens (tertiary/aromatic N) is 8. The molecule has 0 saturated heterocycles. The van der Waals surface area contributed by atoms with E-state index in [0.29, 0.717) is 22.9 Å². The molecule has 0 fully saturated rings. The van der Waals surface area contributed by atoms with E-state index in [9.17, 15) is 10.5 Å². The van der Waals surface area contributed by atoms with Crippen LogP contribution in [0, 0.1) is 22.7 Å². The minimum Gasteiger partial charge on any atom is -0.477 e. The van der Waals surface area contributed by atoms with Crippen LogP contribution in [0.2, 0.25) is 0 Å². The summed E-state index contributed by atoms with van der Waals surface area (Å²) in [5, 5.41) is 31.7. The first-order valence-corrected chi connectivity index (χ1v) is 23.3. The summed E-state index contributed by atoms with van der Waals surface area (Å²) in [7, 11) is 0. The molecule has 0 unspecified atom stereocenters. The maximum Gasteiger partial charge on any atom is 0.189 e. The second kappa shape index (κ2) is 14.1. The van der Waals surface area contributed by atoms with Gasteiger partial charge >= 0.3 is 0 Å². The number of fused-ring (bicyclic) bond motifs is 13. The van der Waals surface area contributed by atoms with E-state index in [1.54, 1.807) is 12.4 Å². The van der Waals surface area contributed by atoms with E-state index in [0.717, 1.165) is 98.6 Å². The van der Waals surface area contributed by atoms with E-state index >= 15 is 0 Å². The summed E-state index contributed by atoms with van der Waals surface area (Å²) in [6.07, 6.45) is 7.24. The van der Waals surface area contributed by atoms with Crippen molar-refractivity contribution in [2.24, 2.45) is 0 Å². The number of rotatable bonds is 4. The summed E-state index contributed by atoms with van der Waals surface area (Å²) in [4.78, 5) is 9.33. The number of hydrogen-bond donors (Lipinski definition) is 0. The second-order valence-corrected chi connectivity index (χ2v) is 19.2. The molecule has 10 heteroatoms. The van der Waals surface area contributed by atoms with E-state index in [2.05, 4.69) is 137 Å². The van der Waals surface area contributed by atoms with E-state index in [1.165, 1.54) is 0 Å². The fourth-order valence-electron chi connectivity index (χ4n) is 11.1. The smallest absolute Gasteiger partial charge is 0.189 e. The van der Waals surface area contributed by atoms with Crippen LogP contribution in [0.1, 0.15) is 38.8 Å². The largest absolute Gasteiger partial charge is 0.477 e. The zero-order valence-electron chi connectivity index (χ0n) is 38.6. The average Bonchev–Trinajstić information content (AvgIpc) is 4.09. The van der Waals surface area contributed by atoms with Gasteiger partial charge < -0.3 is 27.7 Å². The number of ether oxygens (including phenoxy) is 2. The number of para-hydroxylation sites is 4. The Morgan fingerprint density at radius 1 is 0.386 bits per heavy atom. The standard InChI is InChI=1S/C60H40N8O2/c1-59(2)60(3,4)70-58-56(68-52-30-50-42(28-44(52)40-24-26-64-34-54(40)68)38-20-12-14-22-48(38)66(50)36-17-9-6-10-18-36)46(32-62)45(31-61)55(57(58)69-59)67-51-29-49-41(27-43(51)39-23-25-63-33-53(39)67)37-19-11-13-21-47(37)65(49)35-15-7-5-8-16-35/h5-30,33-34H,1-4H3. The van der Waals surface area contributed by atoms with Crippen molar-refractivity contribution in [3.63, 3.8) is 0 Å². The third-order valence-corrected chi connectivity index (χ3v) is 14.9. The lowest BCUT2D eigenvalue weighted by Crippen LogP contribution is -2.56. The first-order chi connectivity index (χ1) is 34.2. The normalized spacial score (nSPS) is 14.1. The molecule has 7 heterocycles. The fourth-order valence-corrected chi connectivity index (χ4v) is 11.1. The lowest BCUT2D eigenvalue weighted by atomic mass is 9.87. The highest BCUT2D eigenvalue weighted by atomic mass is 16.6. The van der Waals surface area contributed by atoms with Crippen molar-refractivity contribution in [3.8, 4) is 46.4 Å². The molecule has 0 spiro atoms. The first kappa shape index (κ1) is 39.8. The highest BCUT2D eigenvalue weighted by Gasteiger charge is 2.49. The quantitative estimate of drug-likeness (QED) is 0.174. The van der Waals surface area contributed by atoms with Crippen LogP contribution >= 0.6 is 0 Å². The third kappa shape index (κ3) is 5.19.